The zero-order valence-corrected chi connectivity index (χ0v) is 43.8. The molecule has 0 bridgehead atoms. The first-order valence-electron chi connectivity index (χ1n) is 28.8. The van der Waals surface area contributed by atoms with Gasteiger partial charge >= 0.3 is 17.9 Å². The Morgan fingerprint density at radius 3 is 0.785 bits per heavy atom. The van der Waals surface area contributed by atoms with Gasteiger partial charge in [-0.1, -0.05) is 251 Å². The normalized spacial score (nSPS) is 12.1. The molecule has 382 valence electrons. The van der Waals surface area contributed by atoms with Gasteiger partial charge in [0.25, 0.3) is 0 Å². The summed E-state index contributed by atoms with van der Waals surface area (Å²) in [5, 5.41) is 0. The fourth-order valence-corrected chi connectivity index (χ4v) is 8.55. The molecule has 0 heterocycles. The molecule has 0 radical (unpaired) electrons. The van der Waals surface area contributed by atoms with Gasteiger partial charge < -0.3 is 14.2 Å². The Labute approximate surface area is 404 Å². The fraction of sp³-hybridized carbons (Fsp3) is 0.881. The zero-order chi connectivity index (χ0) is 47.2. The minimum absolute atomic E-state index is 0.0699. The Kier molecular flexibility index (Phi) is 52.7. The van der Waals surface area contributed by atoms with E-state index in [4.69, 9.17) is 14.2 Å². The Morgan fingerprint density at radius 1 is 0.292 bits per heavy atom. The second-order valence-electron chi connectivity index (χ2n) is 19.6. The van der Waals surface area contributed by atoms with Gasteiger partial charge in [-0.25, -0.2) is 0 Å². The van der Waals surface area contributed by atoms with Crippen molar-refractivity contribution in [2.75, 3.05) is 13.2 Å². The molecule has 0 aliphatic carbocycles. The lowest BCUT2D eigenvalue weighted by atomic mass is 10.0. The molecular weight excluding hydrogens is 805 g/mol. The van der Waals surface area contributed by atoms with Gasteiger partial charge in [0.2, 0.25) is 0 Å². The van der Waals surface area contributed by atoms with Gasteiger partial charge in [-0.3, -0.25) is 14.4 Å². The number of esters is 3. The van der Waals surface area contributed by atoms with Gasteiger partial charge in [0, 0.05) is 19.3 Å². The maximum absolute atomic E-state index is 12.8. The number of hydrogen-bond acceptors (Lipinski definition) is 6. The Balaban J connectivity index is 4.34. The quantitative estimate of drug-likeness (QED) is 0.0262. The van der Waals surface area contributed by atoms with Crippen molar-refractivity contribution < 1.29 is 28.6 Å². The van der Waals surface area contributed by atoms with E-state index in [2.05, 4.69) is 45.1 Å². The second kappa shape index (κ2) is 54.5. The highest BCUT2D eigenvalue weighted by Gasteiger charge is 2.19. The summed E-state index contributed by atoms with van der Waals surface area (Å²) < 4.78 is 16.9. The zero-order valence-electron chi connectivity index (χ0n) is 43.8. The van der Waals surface area contributed by atoms with Crippen molar-refractivity contribution in [3.8, 4) is 0 Å². The minimum Gasteiger partial charge on any atom is -0.462 e. The molecule has 0 rings (SSSR count). The van der Waals surface area contributed by atoms with Crippen LogP contribution in [0.1, 0.15) is 316 Å². The molecule has 0 aliphatic rings. The molecule has 0 amide bonds. The molecule has 0 fully saturated rings. The summed E-state index contributed by atoms with van der Waals surface area (Å²) in [4.78, 5) is 38.1. The van der Waals surface area contributed by atoms with E-state index in [-0.39, 0.29) is 31.1 Å². The molecule has 0 aliphatic heterocycles. The third kappa shape index (κ3) is 52.7. The molecule has 6 heteroatoms. The van der Waals surface area contributed by atoms with Crippen LogP contribution in [0.3, 0.4) is 0 Å². The standard InChI is InChI=1S/C59H110O6/c1-4-7-10-13-16-19-22-25-28-29-32-34-37-40-43-46-49-52-58(61)64-55-56(65-59(62)53-50-47-44-41-38-35-31-27-24-21-18-15-12-9-6-3)54-63-57(60)51-48-45-42-39-36-33-30-26-23-20-17-14-11-8-5-2/h21,24-25,28,56H,4-20,22-23,26-27,29-55H2,1-3H3/b24-21+,28-25+/t56-/m1/s1. The molecule has 6 nitrogen and oxygen atoms in total. The lowest BCUT2D eigenvalue weighted by Crippen LogP contribution is -2.30. The third-order valence-electron chi connectivity index (χ3n) is 12.9. The molecule has 0 N–H and O–H groups in total. The average molecular weight is 916 g/mol. The van der Waals surface area contributed by atoms with Crippen molar-refractivity contribution in [1.82, 2.24) is 0 Å². The van der Waals surface area contributed by atoms with Gasteiger partial charge in [0.1, 0.15) is 13.2 Å². The van der Waals surface area contributed by atoms with Gasteiger partial charge in [0.15, 0.2) is 6.10 Å². The van der Waals surface area contributed by atoms with E-state index in [0.717, 1.165) is 57.8 Å². The summed E-state index contributed by atoms with van der Waals surface area (Å²) in [5.74, 6) is -0.859. The van der Waals surface area contributed by atoms with Gasteiger partial charge in [-0.2, -0.15) is 0 Å². The Morgan fingerprint density at radius 2 is 0.508 bits per heavy atom. The molecular formula is C59H110O6. The number of unbranched alkanes of at least 4 members (excludes halogenated alkanes) is 38. The summed E-state index contributed by atoms with van der Waals surface area (Å²) in [6.07, 6.45) is 63.0. The molecule has 0 spiro atoms. The van der Waals surface area contributed by atoms with Crippen molar-refractivity contribution in [3.05, 3.63) is 24.3 Å². The monoisotopic (exact) mass is 915 g/mol. The minimum atomic E-state index is -0.771. The molecule has 0 aromatic carbocycles. The predicted molar refractivity (Wildman–Crippen MR) is 279 cm³/mol. The van der Waals surface area contributed by atoms with E-state index in [9.17, 15) is 14.4 Å². The van der Waals surface area contributed by atoms with E-state index in [0.29, 0.717) is 19.3 Å². The number of ether oxygens (including phenoxy) is 3. The SMILES string of the molecule is CCCCCC/C=C/CCCCCCCCCC(=O)O[C@@H](COC(=O)CCCCCCCCC/C=C/CCCCCCCC)COC(=O)CCCCCCCCCCCCCCCCC. The van der Waals surface area contributed by atoms with E-state index in [1.807, 2.05) is 0 Å². The third-order valence-corrected chi connectivity index (χ3v) is 12.9. The molecule has 65 heavy (non-hydrogen) atoms. The molecule has 0 saturated carbocycles. The van der Waals surface area contributed by atoms with E-state index in [1.165, 1.54) is 218 Å². The van der Waals surface area contributed by atoms with Gasteiger partial charge in [-0.05, 0) is 70.6 Å². The van der Waals surface area contributed by atoms with Crippen LogP contribution in [0.5, 0.6) is 0 Å². The number of rotatable bonds is 53. The smallest absolute Gasteiger partial charge is 0.306 e. The van der Waals surface area contributed by atoms with Crippen LogP contribution >= 0.6 is 0 Å². The average Bonchev–Trinajstić information content (AvgIpc) is 3.30. The maximum atomic E-state index is 12.8. The lowest BCUT2D eigenvalue weighted by Gasteiger charge is -2.18. The molecule has 0 saturated heterocycles. The largest absolute Gasteiger partial charge is 0.462 e. The summed E-state index contributed by atoms with van der Waals surface area (Å²) in [7, 11) is 0. The summed E-state index contributed by atoms with van der Waals surface area (Å²) in [6, 6.07) is 0. The summed E-state index contributed by atoms with van der Waals surface area (Å²) in [5.41, 5.74) is 0. The van der Waals surface area contributed by atoms with E-state index >= 15 is 0 Å². The summed E-state index contributed by atoms with van der Waals surface area (Å²) >= 11 is 0. The Bertz CT molecular complexity index is 1050. The molecule has 0 unspecified atom stereocenters. The topological polar surface area (TPSA) is 78.9 Å². The first-order valence-corrected chi connectivity index (χ1v) is 28.8. The Hall–Kier alpha value is -2.11. The highest BCUT2D eigenvalue weighted by Crippen LogP contribution is 2.16. The lowest BCUT2D eigenvalue weighted by molar-refractivity contribution is -0.167. The number of hydrogen-bond donors (Lipinski definition) is 0. The van der Waals surface area contributed by atoms with Crippen molar-refractivity contribution in [2.45, 2.75) is 322 Å². The van der Waals surface area contributed by atoms with Crippen molar-refractivity contribution in [3.63, 3.8) is 0 Å². The number of allylic oxidation sites excluding steroid dienone is 4. The number of carbonyl (C=O) groups excluding carboxylic acids is 3. The van der Waals surface area contributed by atoms with Crippen LogP contribution in [0.25, 0.3) is 0 Å². The second-order valence-corrected chi connectivity index (χ2v) is 19.6. The van der Waals surface area contributed by atoms with Gasteiger partial charge in [0.05, 0.1) is 0 Å². The van der Waals surface area contributed by atoms with Crippen molar-refractivity contribution in [2.24, 2.45) is 0 Å². The predicted octanol–water partition coefficient (Wildman–Crippen LogP) is 19.1. The molecule has 0 aromatic heterocycles. The van der Waals surface area contributed by atoms with Crippen LogP contribution in [0.4, 0.5) is 0 Å². The first kappa shape index (κ1) is 62.9. The highest BCUT2D eigenvalue weighted by atomic mass is 16.6. The summed E-state index contributed by atoms with van der Waals surface area (Å²) in [6.45, 7) is 6.66. The number of carbonyl (C=O) groups is 3. The van der Waals surface area contributed by atoms with E-state index < -0.39 is 6.10 Å². The first-order chi connectivity index (χ1) is 32.0. The van der Waals surface area contributed by atoms with Crippen LogP contribution in [-0.2, 0) is 28.6 Å². The van der Waals surface area contributed by atoms with Crippen LogP contribution in [0.2, 0.25) is 0 Å². The van der Waals surface area contributed by atoms with Crippen LogP contribution in [0.15, 0.2) is 24.3 Å². The fourth-order valence-electron chi connectivity index (χ4n) is 8.55. The van der Waals surface area contributed by atoms with Crippen LogP contribution in [-0.4, -0.2) is 37.2 Å². The molecule has 0 aromatic rings. The van der Waals surface area contributed by atoms with Gasteiger partial charge in [-0.15, -0.1) is 0 Å². The highest BCUT2D eigenvalue weighted by molar-refractivity contribution is 5.71. The van der Waals surface area contributed by atoms with Crippen molar-refractivity contribution in [1.29, 1.82) is 0 Å². The van der Waals surface area contributed by atoms with Crippen LogP contribution < -0.4 is 0 Å². The maximum Gasteiger partial charge on any atom is 0.306 e. The van der Waals surface area contributed by atoms with Crippen LogP contribution in [0, 0.1) is 0 Å². The molecule has 1 atom stereocenters. The van der Waals surface area contributed by atoms with E-state index in [1.54, 1.807) is 0 Å². The van der Waals surface area contributed by atoms with Crippen molar-refractivity contribution >= 4 is 17.9 Å².